The number of nitrogens with one attached hydrogen (secondary N) is 1. The van der Waals surface area contributed by atoms with E-state index in [1.165, 1.54) is 0 Å². The predicted octanol–water partition coefficient (Wildman–Crippen LogP) is 5.03. The molecular weight excluding hydrogens is 415 g/mol. The molecule has 1 N–H and O–H groups in total. The molecule has 7 heteroatoms. The summed E-state index contributed by atoms with van der Waals surface area (Å²) in [6.45, 7) is 4.41. The number of hydrogen-bond acceptors (Lipinski definition) is 3. The van der Waals surface area contributed by atoms with Crippen molar-refractivity contribution in [2.24, 2.45) is 0 Å². The minimum absolute atomic E-state index is 0.0757. The second-order valence-electron chi connectivity index (χ2n) is 6.25. The third-order valence-electron chi connectivity index (χ3n) is 4.18. The van der Waals surface area contributed by atoms with E-state index >= 15 is 0 Å². The zero-order valence-corrected chi connectivity index (χ0v) is 18.3. The average molecular weight is 439 g/mol. The molecule has 150 valence electrons. The van der Waals surface area contributed by atoms with Crippen LogP contribution in [0, 0.1) is 0 Å². The lowest BCUT2D eigenvalue weighted by atomic mass is 10.1. The number of benzene rings is 2. The van der Waals surface area contributed by atoms with Gasteiger partial charge in [-0.2, -0.15) is 0 Å². The van der Waals surface area contributed by atoms with E-state index in [-0.39, 0.29) is 11.8 Å². The van der Waals surface area contributed by atoms with Gasteiger partial charge in [0.1, 0.15) is 6.04 Å². The number of likely N-dealkylation sites (N-methyl/N-ethyl adjacent to an activating group) is 1. The van der Waals surface area contributed by atoms with Crippen molar-refractivity contribution >= 4 is 46.8 Å². The Morgan fingerprint density at radius 1 is 1.11 bits per heavy atom. The maximum atomic E-state index is 12.9. The molecule has 0 bridgehead atoms. The molecule has 0 aliphatic rings. The van der Waals surface area contributed by atoms with Crippen LogP contribution in [0.5, 0.6) is 0 Å². The second kappa shape index (κ2) is 11.3. The van der Waals surface area contributed by atoms with Gasteiger partial charge in [-0.25, -0.2) is 0 Å². The number of thioether (sulfide) groups is 1. The van der Waals surface area contributed by atoms with E-state index in [1.807, 2.05) is 43.3 Å². The van der Waals surface area contributed by atoms with Gasteiger partial charge in [0, 0.05) is 30.2 Å². The molecule has 2 rings (SSSR count). The van der Waals surface area contributed by atoms with Crippen LogP contribution in [0.4, 0.5) is 0 Å². The standard InChI is InChI=1S/C21H24Cl2N2O2S/c1-3-24-21(27)15(2)25(14-16-9-10-18(22)19(23)13-16)20(26)11-12-28-17-7-5-4-6-8-17/h4-10,13,15H,3,11-12,14H2,1-2H3,(H,24,27)/t15-/m1/s1. The minimum atomic E-state index is -0.580. The van der Waals surface area contributed by atoms with Gasteiger partial charge in [0.05, 0.1) is 10.0 Å². The second-order valence-corrected chi connectivity index (χ2v) is 8.23. The first kappa shape index (κ1) is 22.6. The van der Waals surface area contributed by atoms with Crippen LogP contribution in [-0.2, 0) is 16.1 Å². The molecular formula is C21H24Cl2N2O2S. The summed E-state index contributed by atoms with van der Waals surface area (Å²) in [6.07, 6.45) is 0.338. The summed E-state index contributed by atoms with van der Waals surface area (Å²) in [4.78, 5) is 28.0. The quantitative estimate of drug-likeness (QED) is 0.558. The van der Waals surface area contributed by atoms with Gasteiger partial charge < -0.3 is 10.2 Å². The maximum absolute atomic E-state index is 12.9. The van der Waals surface area contributed by atoms with Crippen LogP contribution in [0.3, 0.4) is 0 Å². The van der Waals surface area contributed by atoms with Gasteiger partial charge in [0.25, 0.3) is 0 Å². The molecule has 0 radical (unpaired) electrons. The fourth-order valence-electron chi connectivity index (χ4n) is 2.66. The molecule has 0 unspecified atom stereocenters. The van der Waals surface area contributed by atoms with Gasteiger partial charge in [0.15, 0.2) is 0 Å². The van der Waals surface area contributed by atoms with Crippen LogP contribution < -0.4 is 5.32 Å². The average Bonchev–Trinajstić information content (AvgIpc) is 2.69. The highest BCUT2D eigenvalue weighted by molar-refractivity contribution is 7.99. The van der Waals surface area contributed by atoms with Crippen LogP contribution in [0.15, 0.2) is 53.4 Å². The molecule has 1 atom stereocenters. The number of hydrogen-bond donors (Lipinski definition) is 1. The Kier molecular flexibility index (Phi) is 9.16. The van der Waals surface area contributed by atoms with E-state index in [4.69, 9.17) is 23.2 Å². The smallest absolute Gasteiger partial charge is 0.242 e. The van der Waals surface area contributed by atoms with Gasteiger partial charge in [-0.3, -0.25) is 9.59 Å². The summed E-state index contributed by atoms with van der Waals surface area (Å²) in [7, 11) is 0. The normalized spacial score (nSPS) is 11.7. The molecule has 0 saturated carbocycles. The molecule has 0 heterocycles. The maximum Gasteiger partial charge on any atom is 0.242 e. The SMILES string of the molecule is CCNC(=O)[C@@H](C)N(Cc1ccc(Cl)c(Cl)c1)C(=O)CCSc1ccccc1. The van der Waals surface area contributed by atoms with Crippen molar-refractivity contribution in [3.63, 3.8) is 0 Å². The Hall–Kier alpha value is -1.69. The summed E-state index contributed by atoms with van der Waals surface area (Å²) in [5.74, 6) is 0.392. The lowest BCUT2D eigenvalue weighted by Gasteiger charge is -2.29. The monoisotopic (exact) mass is 438 g/mol. The van der Waals surface area contributed by atoms with Crippen LogP contribution in [0.1, 0.15) is 25.8 Å². The molecule has 0 fully saturated rings. The lowest BCUT2D eigenvalue weighted by molar-refractivity contribution is -0.140. The van der Waals surface area contributed by atoms with Gasteiger partial charge >= 0.3 is 0 Å². The molecule has 0 saturated heterocycles. The summed E-state index contributed by atoms with van der Waals surface area (Å²) in [5, 5.41) is 3.67. The highest BCUT2D eigenvalue weighted by Crippen LogP contribution is 2.24. The Balaban J connectivity index is 2.08. The van der Waals surface area contributed by atoms with E-state index in [0.717, 1.165) is 10.5 Å². The summed E-state index contributed by atoms with van der Waals surface area (Å²) in [6, 6.07) is 14.6. The van der Waals surface area contributed by atoms with E-state index < -0.39 is 6.04 Å². The van der Waals surface area contributed by atoms with Gasteiger partial charge in [-0.15, -0.1) is 11.8 Å². The summed E-state index contributed by atoms with van der Waals surface area (Å²) in [5.41, 5.74) is 0.828. The number of rotatable bonds is 9. The first-order valence-electron chi connectivity index (χ1n) is 9.11. The first-order valence-corrected chi connectivity index (χ1v) is 10.9. The van der Waals surface area contributed by atoms with Gasteiger partial charge in [0.2, 0.25) is 11.8 Å². The predicted molar refractivity (Wildman–Crippen MR) is 117 cm³/mol. The Bertz CT molecular complexity index is 802. The van der Waals surface area contributed by atoms with Crippen molar-refractivity contribution in [1.29, 1.82) is 0 Å². The highest BCUT2D eigenvalue weighted by atomic mass is 35.5. The molecule has 4 nitrogen and oxygen atoms in total. The topological polar surface area (TPSA) is 49.4 Å². The van der Waals surface area contributed by atoms with Gasteiger partial charge in [-0.1, -0.05) is 47.5 Å². The van der Waals surface area contributed by atoms with Gasteiger partial charge in [-0.05, 0) is 43.7 Å². The zero-order valence-electron chi connectivity index (χ0n) is 16.0. The fraction of sp³-hybridized carbons (Fsp3) is 0.333. The Morgan fingerprint density at radius 2 is 1.82 bits per heavy atom. The molecule has 2 aromatic rings. The number of amides is 2. The molecule has 28 heavy (non-hydrogen) atoms. The van der Waals surface area contributed by atoms with E-state index in [2.05, 4.69) is 5.32 Å². The lowest BCUT2D eigenvalue weighted by Crippen LogP contribution is -2.47. The number of carbonyl (C=O) groups excluding carboxylic acids is 2. The van der Waals surface area contributed by atoms with Crippen LogP contribution in [-0.4, -0.2) is 35.1 Å². The summed E-state index contributed by atoms with van der Waals surface area (Å²) < 4.78 is 0. The van der Waals surface area contributed by atoms with Crippen LogP contribution >= 0.6 is 35.0 Å². The summed E-state index contributed by atoms with van der Waals surface area (Å²) >= 11 is 13.7. The van der Waals surface area contributed by atoms with Crippen molar-refractivity contribution in [3.05, 3.63) is 64.1 Å². The van der Waals surface area contributed by atoms with E-state index in [9.17, 15) is 9.59 Å². The molecule has 2 amide bonds. The van der Waals surface area contributed by atoms with E-state index in [1.54, 1.807) is 35.7 Å². The molecule has 0 aliphatic carbocycles. The molecule has 2 aromatic carbocycles. The third-order valence-corrected chi connectivity index (χ3v) is 5.94. The minimum Gasteiger partial charge on any atom is -0.355 e. The largest absolute Gasteiger partial charge is 0.355 e. The Morgan fingerprint density at radius 3 is 2.46 bits per heavy atom. The van der Waals surface area contributed by atoms with Crippen molar-refractivity contribution in [3.8, 4) is 0 Å². The third kappa shape index (κ3) is 6.73. The van der Waals surface area contributed by atoms with Crippen molar-refractivity contribution in [2.75, 3.05) is 12.3 Å². The molecule has 0 aliphatic heterocycles. The van der Waals surface area contributed by atoms with Crippen LogP contribution in [0.25, 0.3) is 0 Å². The fourth-order valence-corrected chi connectivity index (χ4v) is 3.84. The number of nitrogens with zero attached hydrogens (tertiary/aromatic N) is 1. The van der Waals surface area contributed by atoms with Crippen molar-refractivity contribution in [2.45, 2.75) is 37.8 Å². The van der Waals surface area contributed by atoms with Crippen molar-refractivity contribution < 1.29 is 9.59 Å². The number of halogens is 2. The van der Waals surface area contributed by atoms with E-state index in [0.29, 0.717) is 35.3 Å². The van der Waals surface area contributed by atoms with Crippen molar-refractivity contribution in [1.82, 2.24) is 10.2 Å². The highest BCUT2D eigenvalue weighted by Gasteiger charge is 2.25. The molecule has 0 spiro atoms. The Labute approximate surface area is 180 Å². The first-order chi connectivity index (χ1) is 13.4. The van der Waals surface area contributed by atoms with Crippen LogP contribution in [0.2, 0.25) is 10.0 Å². The zero-order chi connectivity index (χ0) is 20.5. The number of carbonyl (C=O) groups is 2. The molecule has 0 aromatic heterocycles.